The Morgan fingerprint density at radius 1 is 0.710 bits per heavy atom. The van der Waals surface area contributed by atoms with E-state index in [0.29, 0.717) is 176 Å². The zero-order valence-corrected chi connectivity index (χ0v) is 37.5. The first kappa shape index (κ1) is 53.2. The molecule has 0 aliphatic carbocycles. The Morgan fingerprint density at radius 3 is 1.56 bits per heavy atom. The van der Waals surface area contributed by atoms with Crippen molar-refractivity contribution in [3.05, 3.63) is 21.4 Å². The molecule has 0 radical (unpaired) electrons. The molecule has 0 atom stereocenters. The number of fused-ring (bicyclic) bond motifs is 1. The number of rotatable bonds is 40. The molecule has 0 saturated carbocycles. The monoisotopic (exact) mass is 902 g/mol. The summed E-state index contributed by atoms with van der Waals surface area (Å²) in [5.41, 5.74) is 7.54. The lowest BCUT2D eigenvalue weighted by atomic mass is 9.95. The number of likely N-dealkylation sites (tertiary alicyclic amines) is 1. The van der Waals surface area contributed by atoms with E-state index in [1.165, 1.54) is 5.06 Å². The minimum absolute atomic E-state index is 0.0106. The number of thiophene rings is 1. The molecule has 2 aliphatic heterocycles. The van der Waals surface area contributed by atoms with Crippen molar-refractivity contribution in [2.75, 3.05) is 158 Å². The molecule has 3 heterocycles. The summed E-state index contributed by atoms with van der Waals surface area (Å²) in [6.45, 7) is 14.7. The van der Waals surface area contributed by atoms with Gasteiger partial charge >= 0.3 is 5.97 Å². The summed E-state index contributed by atoms with van der Waals surface area (Å²) < 4.78 is 54.5. The fourth-order valence-electron chi connectivity index (χ4n) is 5.96. The molecule has 1 aromatic rings. The van der Waals surface area contributed by atoms with Crippen LogP contribution in [-0.4, -0.2) is 197 Å². The number of carboxylic acids is 1. The maximum Gasteiger partial charge on any atom is 0.305 e. The summed E-state index contributed by atoms with van der Waals surface area (Å²) in [5, 5.41) is 9.93. The average Bonchev–Trinajstić information content (AvgIpc) is 3.53. The summed E-state index contributed by atoms with van der Waals surface area (Å²) in [4.78, 5) is 50.3. The van der Waals surface area contributed by atoms with Crippen LogP contribution in [0.3, 0.4) is 0 Å². The molecule has 0 bridgehead atoms. The first-order chi connectivity index (χ1) is 30.3. The number of hydrogen-bond acceptors (Lipinski definition) is 17. The van der Waals surface area contributed by atoms with Gasteiger partial charge in [0, 0.05) is 36.5 Å². The lowest BCUT2D eigenvalue weighted by Gasteiger charge is -2.39. The average molecular weight is 903 g/mol. The molecule has 1 fully saturated rings. The van der Waals surface area contributed by atoms with Crippen LogP contribution in [0.25, 0.3) is 6.08 Å². The number of carbonyl (C=O) groups excluding carboxylic acids is 2. The van der Waals surface area contributed by atoms with Gasteiger partial charge in [-0.1, -0.05) is 6.92 Å². The highest BCUT2D eigenvalue weighted by Gasteiger charge is 2.31. The summed E-state index contributed by atoms with van der Waals surface area (Å²) in [7, 11) is 0. The van der Waals surface area contributed by atoms with Crippen LogP contribution < -0.4 is 5.73 Å². The zero-order valence-electron chi connectivity index (χ0n) is 36.7. The molecule has 20 heteroatoms. The van der Waals surface area contributed by atoms with Crippen molar-refractivity contribution < 1.29 is 71.7 Å². The Bertz CT molecular complexity index is 1440. The van der Waals surface area contributed by atoms with Crippen molar-refractivity contribution in [1.82, 2.24) is 9.96 Å². The van der Waals surface area contributed by atoms with Crippen molar-refractivity contribution in [3.8, 4) is 0 Å². The van der Waals surface area contributed by atoms with E-state index in [4.69, 9.17) is 63.0 Å². The molecule has 0 spiro atoms. The maximum absolute atomic E-state index is 13.2. The fraction of sp³-hybridized carbons (Fsp3) is 0.762. The predicted octanol–water partition coefficient (Wildman–Crippen LogP) is 2.75. The molecule has 1 aromatic heterocycles. The smallest absolute Gasteiger partial charge is 0.305 e. The van der Waals surface area contributed by atoms with Crippen molar-refractivity contribution in [3.63, 3.8) is 0 Å². The molecule has 2 aliphatic rings. The standard InChI is InChI=1S/C42H70N4O15S/c1-3-7-46(61-4-2)42(50)35-29-38-37(44-39(43)30-35)31-36(62-38)28-34-32-45(33-34)40(47)5-8-51-10-12-53-14-16-55-18-20-57-22-24-59-26-27-60-25-23-58-21-19-56-17-15-54-13-11-52-9-6-41(48)49/h29,31,34H,3-28,30,32-33H2,1-2H3,(H2,43,44)(H,48,49). The molecule has 19 nitrogen and oxygen atoms in total. The third-order valence-corrected chi connectivity index (χ3v) is 10.1. The van der Waals surface area contributed by atoms with Gasteiger partial charge in [0.05, 0.1) is 162 Å². The summed E-state index contributed by atoms with van der Waals surface area (Å²) in [5.74, 6) is -0.205. The van der Waals surface area contributed by atoms with Gasteiger partial charge in [-0.25, -0.2) is 10.1 Å². The minimum atomic E-state index is -0.881. The number of ether oxygens (including phenoxy) is 10. The van der Waals surface area contributed by atoms with E-state index in [1.807, 2.05) is 30.9 Å². The Morgan fingerprint density at radius 2 is 1.15 bits per heavy atom. The normalized spacial score (nSPS) is 14.0. The number of hydroxylamine groups is 2. The lowest BCUT2D eigenvalue weighted by molar-refractivity contribution is -0.180. The van der Waals surface area contributed by atoms with Gasteiger partial charge in [0.1, 0.15) is 5.84 Å². The predicted molar refractivity (Wildman–Crippen MR) is 231 cm³/mol. The van der Waals surface area contributed by atoms with Gasteiger partial charge in [0.2, 0.25) is 5.91 Å². The number of amides is 2. The van der Waals surface area contributed by atoms with Gasteiger partial charge < -0.3 is 63.1 Å². The van der Waals surface area contributed by atoms with Crippen molar-refractivity contribution in [2.45, 2.75) is 46.0 Å². The van der Waals surface area contributed by atoms with E-state index in [0.717, 1.165) is 28.3 Å². The first-order valence-electron chi connectivity index (χ1n) is 21.7. The fourth-order valence-corrected chi connectivity index (χ4v) is 7.15. The molecular formula is C42H70N4O15S. The molecule has 1 saturated heterocycles. The Kier molecular flexibility index (Phi) is 29.4. The van der Waals surface area contributed by atoms with Crippen LogP contribution in [0.15, 0.2) is 16.6 Å². The van der Waals surface area contributed by atoms with E-state index in [1.54, 1.807) is 11.3 Å². The van der Waals surface area contributed by atoms with Crippen LogP contribution in [0.4, 0.5) is 5.69 Å². The Labute approximate surface area is 369 Å². The molecule has 0 unspecified atom stereocenters. The highest BCUT2D eigenvalue weighted by Crippen LogP contribution is 2.37. The number of carbonyl (C=O) groups is 3. The van der Waals surface area contributed by atoms with Crippen LogP contribution in [0.5, 0.6) is 0 Å². The summed E-state index contributed by atoms with van der Waals surface area (Å²) in [6, 6.07) is 2.04. The lowest BCUT2D eigenvalue weighted by Crippen LogP contribution is -2.50. The van der Waals surface area contributed by atoms with Crippen molar-refractivity contribution in [1.29, 1.82) is 0 Å². The van der Waals surface area contributed by atoms with Gasteiger partial charge in [-0.2, -0.15) is 0 Å². The van der Waals surface area contributed by atoms with E-state index >= 15 is 0 Å². The second kappa shape index (κ2) is 34.3. The number of amidine groups is 1. The molecular weight excluding hydrogens is 833 g/mol. The van der Waals surface area contributed by atoms with Crippen LogP contribution >= 0.6 is 11.3 Å². The van der Waals surface area contributed by atoms with Gasteiger partial charge in [0.25, 0.3) is 5.91 Å². The van der Waals surface area contributed by atoms with Crippen molar-refractivity contribution in [2.24, 2.45) is 16.6 Å². The number of hydrogen-bond donors (Lipinski definition) is 2. The van der Waals surface area contributed by atoms with Crippen LogP contribution in [0, 0.1) is 5.92 Å². The molecule has 3 N–H and O–H groups in total. The Balaban J connectivity index is 1.03. The SMILES string of the molecule is CCCN(OCC)C(=O)C1=Cc2sc(CC3CN(C(=O)CCOCCOCCOCCOCCOCCOCCOCCOCCOCCOCCC(=O)O)C3)cc2N=C(N)C1. The highest BCUT2D eigenvalue weighted by atomic mass is 32.1. The first-order valence-corrected chi connectivity index (χ1v) is 22.5. The van der Waals surface area contributed by atoms with Crippen LogP contribution in [-0.2, 0) is 73.0 Å². The Hall–Kier alpha value is -3.12. The molecule has 354 valence electrons. The van der Waals surface area contributed by atoms with Crippen molar-refractivity contribution >= 4 is 46.7 Å². The molecule has 0 aromatic carbocycles. The molecule has 62 heavy (non-hydrogen) atoms. The number of aliphatic imine (C=N–C) groups is 1. The van der Waals surface area contributed by atoms with E-state index in [-0.39, 0.29) is 31.3 Å². The maximum atomic E-state index is 13.2. The van der Waals surface area contributed by atoms with E-state index in [2.05, 4.69) is 4.99 Å². The number of nitrogens with zero attached hydrogens (tertiary/aromatic N) is 3. The van der Waals surface area contributed by atoms with E-state index < -0.39 is 5.97 Å². The largest absolute Gasteiger partial charge is 0.481 e. The van der Waals surface area contributed by atoms with Gasteiger partial charge in [-0.05, 0) is 37.8 Å². The second-order valence-electron chi connectivity index (χ2n) is 14.1. The van der Waals surface area contributed by atoms with Crippen LogP contribution in [0.2, 0.25) is 0 Å². The summed E-state index contributed by atoms with van der Waals surface area (Å²) >= 11 is 1.62. The number of aliphatic carboxylic acids is 1. The number of nitrogens with two attached hydrogens (primary N) is 1. The van der Waals surface area contributed by atoms with Gasteiger partial charge in [-0.15, -0.1) is 11.3 Å². The minimum Gasteiger partial charge on any atom is -0.481 e. The molecule has 2 amide bonds. The number of carboxylic acid groups (broad SMARTS) is 1. The van der Waals surface area contributed by atoms with E-state index in [9.17, 15) is 14.4 Å². The van der Waals surface area contributed by atoms with Crippen LogP contribution in [0.1, 0.15) is 49.3 Å². The topological polar surface area (TPSA) is 218 Å². The molecule has 3 rings (SSSR count). The van der Waals surface area contributed by atoms with Gasteiger partial charge in [0.15, 0.2) is 0 Å². The highest BCUT2D eigenvalue weighted by molar-refractivity contribution is 7.13. The quantitative estimate of drug-likeness (QED) is 0.0715. The van der Waals surface area contributed by atoms with Gasteiger partial charge in [-0.3, -0.25) is 19.2 Å². The summed E-state index contributed by atoms with van der Waals surface area (Å²) in [6.07, 6.45) is 4.12. The third-order valence-electron chi connectivity index (χ3n) is 9.01. The zero-order chi connectivity index (χ0) is 44.5. The third kappa shape index (κ3) is 24.1. The second-order valence-corrected chi connectivity index (χ2v) is 15.3.